The van der Waals surface area contributed by atoms with E-state index < -0.39 is 20.0 Å². The molecule has 0 heterocycles. The van der Waals surface area contributed by atoms with Crippen LogP contribution >= 0.6 is 0 Å². The van der Waals surface area contributed by atoms with Crippen LogP contribution in [0.15, 0.2) is 30.3 Å². The number of nitrogens with zero attached hydrogens (tertiary/aromatic N) is 1. The van der Waals surface area contributed by atoms with Crippen molar-refractivity contribution in [2.45, 2.75) is 58.7 Å². The fourth-order valence-electron chi connectivity index (χ4n) is 3.50. The molecule has 0 bridgehead atoms. The van der Waals surface area contributed by atoms with E-state index in [1.807, 2.05) is 6.92 Å². The van der Waals surface area contributed by atoms with E-state index in [4.69, 9.17) is 13.9 Å². The number of halogens is 2. The summed E-state index contributed by atoms with van der Waals surface area (Å²) in [6.45, 7) is 14.0. The van der Waals surface area contributed by atoms with E-state index in [2.05, 4.69) is 33.9 Å². The summed E-state index contributed by atoms with van der Waals surface area (Å²) in [6.07, 6.45) is 1.11. The molecule has 0 radical (unpaired) electrons. The van der Waals surface area contributed by atoms with E-state index in [-0.39, 0.29) is 10.9 Å². The molecule has 0 spiro atoms. The third-order valence-electron chi connectivity index (χ3n) is 6.79. The number of ether oxygens (including phenoxy) is 2. The number of rotatable bonds is 11. The second-order valence-electron chi connectivity index (χ2n) is 10.3. The lowest BCUT2D eigenvalue weighted by molar-refractivity contribution is 0.0722. The maximum atomic E-state index is 13.6. The number of amides is 1. The van der Waals surface area contributed by atoms with Crippen LogP contribution < -0.4 is 9.47 Å². The number of aryl methyl sites for hydroxylation is 1. The largest absolute Gasteiger partial charge is 0.496 e. The molecule has 2 aromatic rings. The third-order valence-corrected chi connectivity index (χ3v) is 11.3. The van der Waals surface area contributed by atoms with Crippen LogP contribution in [0.2, 0.25) is 18.1 Å². The van der Waals surface area contributed by atoms with Crippen LogP contribution in [-0.4, -0.2) is 53.0 Å². The smallest absolute Gasteiger partial charge is 0.254 e. The predicted molar refractivity (Wildman–Crippen MR) is 138 cm³/mol. The minimum atomic E-state index is -1.97. The minimum absolute atomic E-state index is 0.0617. The van der Waals surface area contributed by atoms with Gasteiger partial charge in [0.15, 0.2) is 20.0 Å². The average Bonchev–Trinajstić information content (AvgIpc) is 2.79. The predicted octanol–water partition coefficient (Wildman–Crippen LogP) is 6.39. The average molecular weight is 508 g/mol. The van der Waals surface area contributed by atoms with Crippen molar-refractivity contribution in [3.63, 3.8) is 0 Å². The van der Waals surface area contributed by atoms with Crippen LogP contribution in [0, 0.1) is 18.6 Å². The molecule has 0 aromatic heterocycles. The molecule has 0 atom stereocenters. The van der Waals surface area contributed by atoms with Gasteiger partial charge in [-0.2, -0.15) is 0 Å². The second-order valence-corrected chi connectivity index (χ2v) is 15.1. The van der Waals surface area contributed by atoms with Gasteiger partial charge in [0.1, 0.15) is 11.5 Å². The van der Waals surface area contributed by atoms with Gasteiger partial charge in [0.2, 0.25) is 0 Å². The van der Waals surface area contributed by atoms with Gasteiger partial charge in [-0.15, -0.1) is 0 Å². The van der Waals surface area contributed by atoms with Crippen LogP contribution in [0.1, 0.15) is 48.7 Å². The molecule has 8 heteroatoms. The molecule has 2 aromatic carbocycles. The number of hydrogen-bond donors (Lipinski definition) is 0. The molecule has 0 N–H and O–H groups in total. The molecule has 0 aliphatic rings. The zero-order valence-corrected chi connectivity index (χ0v) is 23.3. The lowest BCUT2D eigenvalue weighted by atomic mass is 10.1. The molecule has 2 rings (SSSR count). The maximum Gasteiger partial charge on any atom is 0.254 e. The molecule has 0 saturated heterocycles. The summed E-state index contributed by atoms with van der Waals surface area (Å²) in [5.74, 6) is -0.739. The van der Waals surface area contributed by atoms with Crippen molar-refractivity contribution in [1.29, 1.82) is 0 Å². The van der Waals surface area contributed by atoms with Crippen LogP contribution in [0.4, 0.5) is 8.78 Å². The highest BCUT2D eigenvalue weighted by Gasteiger charge is 2.37. The number of carbonyl (C=O) groups excluding carboxylic acids is 1. The van der Waals surface area contributed by atoms with E-state index in [0.717, 1.165) is 11.6 Å². The Morgan fingerprint density at radius 2 is 1.57 bits per heavy atom. The molecule has 0 aliphatic heterocycles. The molecule has 5 nitrogen and oxygen atoms in total. The summed E-state index contributed by atoms with van der Waals surface area (Å²) in [6, 6.07) is 7.35. The quantitative estimate of drug-likeness (QED) is 0.331. The van der Waals surface area contributed by atoms with Crippen molar-refractivity contribution >= 4 is 14.2 Å². The van der Waals surface area contributed by atoms with Crippen LogP contribution in [-0.2, 0) is 10.8 Å². The standard InChI is InChI=1S/C27H39F2NO4Si/c1-19-24(32-5)17-21(18-25(19)33-6)26(31)30(14-15-34-35(7,8)27(2,3)4)13-9-10-20-11-12-22(28)23(29)16-20/h11-12,16-18H,9-10,13-15H2,1-8H3. The summed E-state index contributed by atoms with van der Waals surface area (Å²) in [5.41, 5.74) is 1.97. The van der Waals surface area contributed by atoms with Gasteiger partial charge in [0.05, 0.1) is 20.8 Å². The maximum absolute atomic E-state index is 13.6. The molecule has 1 amide bonds. The monoisotopic (exact) mass is 507 g/mol. The lowest BCUT2D eigenvalue weighted by Gasteiger charge is -2.37. The van der Waals surface area contributed by atoms with Crippen LogP contribution in [0.5, 0.6) is 11.5 Å². The van der Waals surface area contributed by atoms with Crippen molar-refractivity contribution in [2.75, 3.05) is 33.9 Å². The van der Waals surface area contributed by atoms with Crippen molar-refractivity contribution in [3.8, 4) is 11.5 Å². The zero-order chi connectivity index (χ0) is 26.4. The Balaban J connectivity index is 2.21. The zero-order valence-electron chi connectivity index (χ0n) is 22.3. The first-order valence-corrected chi connectivity index (χ1v) is 14.8. The fourth-order valence-corrected chi connectivity index (χ4v) is 4.54. The first-order valence-electron chi connectivity index (χ1n) is 11.9. The first-order chi connectivity index (χ1) is 16.3. The number of benzene rings is 2. The van der Waals surface area contributed by atoms with Gasteiger partial charge < -0.3 is 18.8 Å². The number of methoxy groups -OCH3 is 2. The molecular weight excluding hydrogens is 468 g/mol. The van der Waals surface area contributed by atoms with Gasteiger partial charge in [-0.25, -0.2) is 8.78 Å². The molecule has 0 saturated carbocycles. The lowest BCUT2D eigenvalue weighted by Crippen LogP contribution is -2.43. The van der Waals surface area contributed by atoms with Crippen LogP contribution in [0.3, 0.4) is 0 Å². The Hall–Kier alpha value is -2.45. The number of carbonyl (C=O) groups is 1. The van der Waals surface area contributed by atoms with Gasteiger partial charge >= 0.3 is 0 Å². The van der Waals surface area contributed by atoms with E-state index >= 15 is 0 Å². The molecule has 0 fully saturated rings. The van der Waals surface area contributed by atoms with Gasteiger partial charge in [-0.3, -0.25) is 4.79 Å². The van der Waals surface area contributed by atoms with Crippen molar-refractivity contribution in [3.05, 3.63) is 58.7 Å². The van der Waals surface area contributed by atoms with Crippen LogP contribution in [0.25, 0.3) is 0 Å². The molecule has 0 unspecified atom stereocenters. The second kappa shape index (κ2) is 12.0. The van der Waals surface area contributed by atoms with Gasteiger partial charge in [0, 0.05) is 24.2 Å². The summed E-state index contributed by atoms with van der Waals surface area (Å²) in [7, 11) is 1.14. The highest BCUT2D eigenvalue weighted by Crippen LogP contribution is 2.36. The fraction of sp³-hybridized carbons (Fsp3) is 0.519. The van der Waals surface area contributed by atoms with E-state index in [1.54, 1.807) is 37.3 Å². The molecule has 0 aliphatic carbocycles. The summed E-state index contributed by atoms with van der Waals surface area (Å²) >= 11 is 0. The van der Waals surface area contributed by atoms with E-state index in [1.165, 1.54) is 6.07 Å². The highest BCUT2D eigenvalue weighted by atomic mass is 28.4. The van der Waals surface area contributed by atoms with Gasteiger partial charge in [-0.05, 0) is 67.7 Å². The SMILES string of the molecule is COc1cc(C(=O)N(CCCc2ccc(F)c(F)c2)CCO[Si](C)(C)C(C)(C)C)cc(OC)c1C. The Labute approximate surface area is 209 Å². The first kappa shape index (κ1) is 28.8. The topological polar surface area (TPSA) is 48.0 Å². The minimum Gasteiger partial charge on any atom is -0.496 e. The summed E-state index contributed by atoms with van der Waals surface area (Å²) in [5, 5.41) is 0.0617. The molecule has 35 heavy (non-hydrogen) atoms. The third kappa shape index (κ3) is 7.51. The molecular formula is C27H39F2NO4Si. The Kier molecular flexibility index (Phi) is 9.86. The summed E-state index contributed by atoms with van der Waals surface area (Å²) < 4.78 is 44.1. The Morgan fingerprint density at radius 3 is 2.09 bits per heavy atom. The van der Waals surface area contributed by atoms with Crippen molar-refractivity contribution in [1.82, 2.24) is 4.90 Å². The highest BCUT2D eigenvalue weighted by molar-refractivity contribution is 6.74. The van der Waals surface area contributed by atoms with Gasteiger partial charge in [-0.1, -0.05) is 26.8 Å². The Morgan fingerprint density at radius 1 is 0.971 bits per heavy atom. The van der Waals surface area contributed by atoms with E-state index in [9.17, 15) is 13.6 Å². The van der Waals surface area contributed by atoms with Crippen molar-refractivity contribution in [2.24, 2.45) is 0 Å². The normalized spacial score (nSPS) is 11.9. The van der Waals surface area contributed by atoms with Crippen molar-refractivity contribution < 1.29 is 27.5 Å². The Bertz CT molecular complexity index is 996. The molecule has 194 valence electrons. The number of hydrogen-bond acceptors (Lipinski definition) is 4. The van der Waals surface area contributed by atoms with Gasteiger partial charge in [0.25, 0.3) is 5.91 Å². The summed E-state index contributed by atoms with van der Waals surface area (Å²) in [4.78, 5) is 15.3. The van der Waals surface area contributed by atoms with E-state index in [0.29, 0.717) is 55.2 Å².